The minimum Gasteiger partial charge on any atom is -0.465 e. The Kier molecular flexibility index (Phi) is 7.39. The van der Waals surface area contributed by atoms with Crippen LogP contribution in [-0.2, 0) is 9.53 Å². The number of ether oxygens (including phenoxy) is 1. The van der Waals surface area contributed by atoms with E-state index in [2.05, 4.69) is 47.6 Å². The van der Waals surface area contributed by atoms with Crippen LogP contribution in [0, 0.1) is 23.2 Å². The summed E-state index contributed by atoms with van der Waals surface area (Å²) in [5.74, 6) is 0.942. The molecule has 0 heterocycles. The molecular weight excluding hydrogens is 236 g/mol. The van der Waals surface area contributed by atoms with E-state index in [0.29, 0.717) is 18.4 Å². The maximum atomic E-state index is 11.6. The van der Waals surface area contributed by atoms with Gasteiger partial charge < -0.3 is 4.74 Å². The highest BCUT2D eigenvalue weighted by atomic mass is 16.5. The molecule has 0 radical (unpaired) electrons. The Labute approximate surface area is 119 Å². The van der Waals surface area contributed by atoms with Crippen LogP contribution < -0.4 is 0 Å². The normalized spacial score (nSPS) is 15.0. The Bertz CT molecular complexity index is 309. The minimum absolute atomic E-state index is 0.0133. The first-order valence-corrected chi connectivity index (χ1v) is 7.38. The van der Waals surface area contributed by atoms with E-state index in [1.54, 1.807) is 0 Å². The fourth-order valence-corrected chi connectivity index (χ4v) is 1.95. The third-order valence-electron chi connectivity index (χ3n) is 4.04. The van der Waals surface area contributed by atoms with E-state index < -0.39 is 0 Å². The molecule has 2 atom stereocenters. The van der Waals surface area contributed by atoms with Crippen molar-refractivity contribution in [3.63, 3.8) is 0 Å². The molecule has 0 aliphatic carbocycles. The molecule has 0 saturated heterocycles. The van der Waals surface area contributed by atoms with E-state index in [-0.39, 0.29) is 17.3 Å². The number of rotatable bonds is 7. The van der Waals surface area contributed by atoms with E-state index in [9.17, 15) is 4.79 Å². The second kappa shape index (κ2) is 7.72. The molecule has 0 aromatic heterocycles. The molecule has 2 heteroatoms. The van der Waals surface area contributed by atoms with Gasteiger partial charge in [-0.3, -0.25) is 4.79 Å². The molecule has 0 bridgehead atoms. The summed E-state index contributed by atoms with van der Waals surface area (Å²) in [7, 11) is 0. The Morgan fingerprint density at radius 2 is 1.68 bits per heavy atom. The topological polar surface area (TPSA) is 26.3 Å². The third-order valence-corrected chi connectivity index (χ3v) is 4.04. The van der Waals surface area contributed by atoms with Crippen molar-refractivity contribution in [2.45, 2.75) is 61.8 Å². The van der Waals surface area contributed by atoms with E-state index in [4.69, 9.17) is 4.74 Å². The number of hydrogen-bond donors (Lipinski definition) is 0. The van der Waals surface area contributed by atoms with Crippen LogP contribution >= 0.6 is 0 Å². The fourth-order valence-electron chi connectivity index (χ4n) is 1.95. The van der Waals surface area contributed by atoms with E-state index in [1.165, 1.54) is 5.57 Å². The van der Waals surface area contributed by atoms with E-state index in [1.807, 2.05) is 13.8 Å². The molecule has 112 valence electrons. The number of carbonyl (C=O) groups excluding carboxylic acids is 1. The molecule has 0 rings (SSSR count). The summed E-state index contributed by atoms with van der Waals surface area (Å²) in [5, 5.41) is 0. The summed E-state index contributed by atoms with van der Waals surface area (Å²) in [6.45, 7) is 17.4. The molecule has 0 amide bonds. The van der Waals surface area contributed by atoms with Gasteiger partial charge in [-0.15, -0.1) is 0 Å². The molecule has 0 unspecified atom stereocenters. The first kappa shape index (κ1) is 18.2. The Hall–Kier alpha value is -0.790. The van der Waals surface area contributed by atoms with Crippen LogP contribution in [0.3, 0.4) is 0 Å². The molecule has 0 fully saturated rings. The average molecular weight is 268 g/mol. The maximum Gasteiger partial charge on any atom is 0.308 e. The standard InChI is InChI=1S/C17H32O2/c1-12(2)9-10-14(5)15(6)17(7,8)11-19-16(18)13(3)4/h9,13-15H,10-11H2,1-8H3/t14-,15+/m1/s1. The predicted octanol–water partition coefficient (Wildman–Crippen LogP) is 4.84. The quantitative estimate of drug-likeness (QED) is 0.488. The molecule has 19 heavy (non-hydrogen) atoms. The summed E-state index contributed by atoms with van der Waals surface area (Å²) in [5.41, 5.74) is 1.38. The highest BCUT2D eigenvalue weighted by molar-refractivity contribution is 5.71. The van der Waals surface area contributed by atoms with Gasteiger partial charge in [0.05, 0.1) is 12.5 Å². The van der Waals surface area contributed by atoms with Crippen molar-refractivity contribution >= 4 is 5.97 Å². The molecule has 0 saturated carbocycles. The smallest absolute Gasteiger partial charge is 0.308 e. The Morgan fingerprint density at radius 3 is 2.11 bits per heavy atom. The van der Waals surface area contributed by atoms with Gasteiger partial charge in [0.1, 0.15) is 0 Å². The predicted molar refractivity (Wildman–Crippen MR) is 82.0 cm³/mol. The van der Waals surface area contributed by atoms with Crippen LogP contribution in [-0.4, -0.2) is 12.6 Å². The maximum absolute atomic E-state index is 11.6. The van der Waals surface area contributed by atoms with Crippen LogP contribution in [0.1, 0.15) is 61.8 Å². The van der Waals surface area contributed by atoms with Gasteiger partial charge in [0.15, 0.2) is 0 Å². The van der Waals surface area contributed by atoms with Gasteiger partial charge in [-0.1, -0.05) is 53.2 Å². The number of hydrogen-bond acceptors (Lipinski definition) is 2. The molecule has 0 aromatic rings. The highest BCUT2D eigenvalue weighted by Crippen LogP contribution is 2.34. The zero-order valence-electron chi connectivity index (χ0n) is 14.0. The molecule has 0 aliphatic heterocycles. The first-order valence-electron chi connectivity index (χ1n) is 7.38. The van der Waals surface area contributed by atoms with Gasteiger partial charge in [-0.05, 0) is 32.1 Å². The van der Waals surface area contributed by atoms with Crippen LogP contribution in [0.25, 0.3) is 0 Å². The second-order valence-corrected chi connectivity index (χ2v) is 7.03. The van der Waals surface area contributed by atoms with Crippen molar-refractivity contribution < 1.29 is 9.53 Å². The van der Waals surface area contributed by atoms with Crippen LogP contribution in [0.5, 0.6) is 0 Å². The van der Waals surface area contributed by atoms with Crippen LogP contribution in [0.2, 0.25) is 0 Å². The molecule has 0 spiro atoms. The van der Waals surface area contributed by atoms with Gasteiger partial charge in [0.25, 0.3) is 0 Å². The van der Waals surface area contributed by atoms with Crippen molar-refractivity contribution in [3.8, 4) is 0 Å². The number of carbonyl (C=O) groups is 1. The monoisotopic (exact) mass is 268 g/mol. The number of allylic oxidation sites excluding steroid dienone is 2. The van der Waals surface area contributed by atoms with Gasteiger partial charge in [0, 0.05) is 5.41 Å². The molecule has 0 aliphatic rings. The Balaban J connectivity index is 4.45. The van der Waals surface area contributed by atoms with Crippen LogP contribution in [0.4, 0.5) is 0 Å². The first-order chi connectivity index (χ1) is 8.58. The SMILES string of the molecule is CC(C)=CC[C@@H](C)[C@H](C)C(C)(C)COC(=O)C(C)C. The van der Waals surface area contributed by atoms with E-state index in [0.717, 1.165) is 6.42 Å². The van der Waals surface area contributed by atoms with Crippen molar-refractivity contribution in [3.05, 3.63) is 11.6 Å². The summed E-state index contributed by atoms with van der Waals surface area (Å²) in [4.78, 5) is 11.6. The van der Waals surface area contributed by atoms with Crippen molar-refractivity contribution in [2.75, 3.05) is 6.61 Å². The lowest BCUT2D eigenvalue weighted by Crippen LogP contribution is -2.33. The average Bonchev–Trinajstić information content (AvgIpc) is 2.31. The summed E-state index contributed by atoms with van der Waals surface area (Å²) in [6.07, 6.45) is 3.38. The zero-order chi connectivity index (χ0) is 15.2. The minimum atomic E-state index is -0.0998. The third kappa shape index (κ3) is 6.79. The van der Waals surface area contributed by atoms with Gasteiger partial charge in [-0.2, -0.15) is 0 Å². The largest absolute Gasteiger partial charge is 0.465 e. The number of esters is 1. The fraction of sp³-hybridized carbons (Fsp3) is 0.824. The molecular formula is C17H32O2. The van der Waals surface area contributed by atoms with E-state index >= 15 is 0 Å². The Morgan fingerprint density at radius 1 is 1.16 bits per heavy atom. The highest BCUT2D eigenvalue weighted by Gasteiger charge is 2.31. The lowest BCUT2D eigenvalue weighted by Gasteiger charge is -2.35. The van der Waals surface area contributed by atoms with Gasteiger partial charge in [0.2, 0.25) is 0 Å². The van der Waals surface area contributed by atoms with Crippen LogP contribution in [0.15, 0.2) is 11.6 Å². The molecule has 0 aromatic carbocycles. The molecule has 0 N–H and O–H groups in total. The lowest BCUT2D eigenvalue weighted by molar-refractivity contribution is -0.151. The zero-order valence-corrected chi connectivity index (χ0v) is 14.0. The summed E-state index contributed by atoms with van der Waals surface area (Å²) >= 11 is 0. The lowest BCUT2D eigenvalue weighted by atomic mass is 9.73. The van der Waals surface area contributed by atoms with Crippen molar-refractivity contribution in [1.29, 1.82) is 0 Å². The summed E-state index contributed by atoms with van der Waals surface area (Å²) in [6, 6.07) is 0. The second-order valence-electron chi connectivity index (χ2n) is 7.03. The van der Waals surface area contributed by atoms with Gasteiger partial charge >= 0.3 is 5.97 Å². The van der Waals surface area contributed by atoms with Crippen molar-refractivity contribution in [1.82, 2.24) is 0 Å². The van der Waals surface area contributed by atoms with Crippen molar-refractivity contribution in [2.24, 2.45) is 23.2 Å². The van der Waals surface area contributed by atoms with Gasteiger partial charge in [-0.25, -0.2) is 0 Å². The summed E-state index contributed by atoms with van der Waals surface area (Å²) < 4.78 is 5.41. The molecule has 2 nitrogen and oxygen atoms in total.